The number of furan rings is 1. The summed E-state index contributed by atoms with van der Waals surface area (Å²) in [5.41, 5.74) is 1.40. The van der Waals surface area contributed by atoms with Gasteiger partial charge in [-0.1, -0.05) is 18.2 Å². The summed E-state index contributed by atoms with van der Waals surface area (Å²) in [6.07, 6.45) is 1.47. The van der Waals surface area contributed by atoms with E-state index in [9.17, 15) is 4.79 Å². The van der Waals surface area contributed by atoms with Crippen molar-refractivity contribution in [1.29, 1.82) is 0 Å². The van der Waals surface area contributed by atoms with Gasteiger partial charge in [0.25, 0.3) is 0 Å². The summed E-state index contributed by atoms with van der Waals surface area (Å²) in [6.45, 7) is 0.0213. The van der Waals surface area contributed by atoms with Gasteiger partial charge in [0.05, 0.1) is 0 Å². The lowest BCUT2D eigenvalue weighted by atomic mass is 10.2. The number of aromatic nitrogens is 1. The monoisotopic (exact) mass is 347 g/mol. The largest absolute Gasteiger partial charge is 0.453 e. The van der Waals surface area contributed by atoms with E-state index in [1.54, 1.807) is 6.07 Å². The van der Waals surface area contributed by atoms with Gasteiger partial charge < -0.3 is 13.6 Å². The van der Waals surface area contributed by atoms with Crippen molar-refractivity contribution >= 4 is 21.9 Å². The fraction of sp³-hybridized carbons (Fsp3) is 0.0667. The summed E-state index contributed by atoms with van der Waals surface area (Å²) in [7, 11) is 0. The zero-order valence-electron chi connectivity index (χ0n) is 10.8. The molecular weight excluding hydrogens is 338 g/mol. The first-order valence-corrected chi connectivity index (χ1v) is 6.94. The molecule has 0 saturated heterocycles. The Balaban J connectivity index is 1.64. The summed E-state index contributed by atoms with van der Waals surface area (Å²) in [5.74, 6) is 0.0704. The highest BCUT2D eigenvalue weighted by Crippen LogP contribution is 2.19. The van der Waals surface area contributed by atoms with Crippen LogP contribution in [0, 0.1) is 0 Å². The van der Waals surface area contributed by atoms with E-state index in [1.807, 2.05) is 30.3 Å². The Morgan fingerprint density at radius 2 is 2.00 bits per heavy atom. The third-order valence-corrected chi connectivity index (χ3v) is 3.12. The number of carbonyl (C=O) groups is 1. The van der Waals surface area contributed by atoms with Gasteiger partial charge in [-0.3, -0.25) is 0 Å². The highest BCUT2D eigenvalue weighted by Gasteiger charge is 2.13. The predicted molar refractivity (Wildman–Crippen MR) is 77.5 cm³/mol. The molecule has 0 fully saturated rings. The van der Waals surface area contributed by atoms with E-state index in [0.29, 0.717) is 16.3 Å². The van der Waals surface area contributed by atoms with Gasteiger partial charge in [-0.15, -0.1) is 0 Å². The lowest BCUT2D eigenvalue weighted by molar-refractivity contribution is 0.0429. The zero-order chi connectivity index (χ0) is 14.7. The Morgan fingerprint density at radius 1 is 1.19 bits per heavy atom. The lowest BCUT2D eigenvalue weighted by Crippen LogP contribution is -2.04. The summed E-state index contributed by atoms with van der Waals surface area (Å²) in [4.78, 5) is 16.0. The van der Waals surface area contributed by atoms with Crippen molar-refractivity contribution < 1.29 is 18.4 Å². The fourth-order valence-electron chi connectivity index (χ4n) is 1.72. The minimum Gasteiger partial charge on any atom is -0.453 e. The molecule has 0 aliphatic carbocycles. The van der Waals surface area contributed by atoms with Crippen molar-refractivity contribution in [3.05, 3.63) is 64.9 Å². The van der Waals surface area contributed by atoms with Crippen LogP contribution in [0.1, 0.15) is 16.2 Å². The van der Waals surface area contributed by atoms with Gasteiger partial charge in [0.2, 0.25) is 11.7 Å². The van der Waals surface area contributed by atoms with Gasteiger partial charge in [0.15, 0.2) is 4.67 Å². The van der Waals surface area contributed by atoms with Crippen molar-refractivity contribution in [2.45, 2.75) is 6.61 Å². The minimum atomic E-state index is -0.551. The van der Waals surface area contributed by atoms with Crippen LogP contribution in [0.15, 0.2) is 62.2 Å². The van der Waals surface area contributed by atoms with Crippen LogP contribution in [-0.2, 0) is 11.3 Å². The summed E-state index contributed by atoms with van der Waals surface area (Å²) < 4.78 is 16.0. The molecule has 106 valence electrons. The topological polar surface area (TPSA) is 65.5 Å². The molecule has 0 saturated carbocycles. The summed E-state index contributed by atoms with van der Waals surface area (Å²) in [6, 6.07) is 12.6. The fourth-order valence-corrected chi connectivity index (χ4v) is 2.03. The van der Waals surface area contributed by atoms with Crippen LogP contribution in [0.5, 0.6) is 0 Å². The van der Waals surface area contributed by atoms with Gasteiger partial charge in [-0.05, 0) is 40.2 Å². The Labute approximate surface area is 128 Å². The molecule has 1 aromatic carbocycles. The van der Waals surface area contributed by atoms with Crippen LogP contribution in [-0.4, -0.2) is 11.0 Å². The zero-order valence-corrected chi connectivity index (χ0v) is 12.4. The molecule has 0 spiro atoms. The molecule has 3 aromatic rings. The van der Waals surface area contributed by atoms with Crippen molar-refractivity contribution in [1.82, 2.24) is 4.98 Å². The molecule has 2 aromatic heterocycles. The first-order valence-electron chi connectivity index (χ1n) is 6.14. The second-order valence-electron chi connectivity index (χ2n) is 4.19. The Morgan fingerprint density at radius 3 is 2.71 bits per heavy atom. The molecule has 6 heteroatoms. The molecule has 0 bridgehead atoms. The van der Waals surface area contributed by atoms with E-state index in [2.05, 4.69) is 20.9 Å². The number of rotatable bonds is 4. The number of esters is 1. The Kier molecular flexibility index (Phi) is 3.87. The van der Waals surface area contributed by atoms with Crippen molar-refractivity contribution in [3.63, 3.8) is 0 Å². The number of hydrogen-bond donors (Lipinski definition) is 0. The maximum absolute atomic E-state index is 11.7. The van der Waals surface area contributed by atoms with Gasteiger partial charge in [0.1, 0.15) is 18.6 Å². The number of carbonyl (C=O) groups excluding carboxylic acids is 1. The van der Waals surface area contributed by atoms with Crippen molar-refractivity contribution in [2.24, 2.45) is 0 Å². The second-order valence-corrected chi connectivity index (χ2v) is 4.97. The highest BCUT2D eigenvalue weighted by molar-refractivity contribution is 9.10. The van der Waals surface area contributed by atoms with Crippen LogP contribution in [0.2, 0.25) is 0 Å². The third-order valence-electron chi connectivity index (χ3n) is 2.70. The number of benzene rings is 1. The molecule has 0 aliphatic rings. The van der Waals surface area contributed by atoms with Crippen LogP contribution in [0.4, 0.5) is 0 Å². The molecule has 3 rings (SSSR count). The van der Waals surface area contributed by atoms with Gasteiger partial charge >= 0.3 is 5.97 Å². The Hall–Kier alpha value is -2.34. The number of halogens is 1. The van der Waals surface area contributed by atoms with E-state index < -0.39 is 5.97 Å². The van der Waals surface area contributed by atoms with Crippen LogP contribution in [0.3, 0.4) is 0 Å². The molecule has 0 N–H and O–H groups in total. The average Bonchev–Trinajstić information content (AvgIpc) is 3.15. The lowest BCUT2D eigenvalue weighted by Gasteiger charge is -1.98. The predicted octanol–water partition coefficient (Wildman–Crippen LogP) is 4.05. The molecule has 21 heavy (non-hydrogen) atoms. The van der Waals surface area contributed by atoms with E-state index in [-0.39, 0.29) is 12.4 Å². The third kappa shape index (κ3) is 3.22. The van der Waals surface area contributed by atoms with E-state index in [1.165, 1.54) is 12.3 Å². The smallest absolute Gasteiger partial charge is 0.374 e. The number of oxazole rings is 1. The van der Waals surface area contributed by atoms with Gasteiger partial charge in [-0.25, -0.2) is 9.78 Å². The van der Waals surface area contributed by atoms with Crippen molar-refractivity contribution in [3.8, 4) is 11.5 Å². The van der Waals surface area contributed by atoms with Crippen LogP contribution < -0.4 is 0 Å². The van der Waals surface area contributed by atoms with E-state index >= 15 is 0 Å². The summed E-state index contributed by atoms with van der Waals surface area (Å²) in [5, 5.41) is 0. The molecular formula is C15H10BrNO4. The maximum Gasteiger partial charge on any atom is 0.374 e. The average molecular weight is 348 g/mol. The molecule has 5 nitrogen and oxygen atoms in total. The molecule has 2 heterocycles. The van der Waals surface area contributed by atoms with E-state index in [4.69, 9.17) is 13.6 Å². The molecule has 0 unspecified atom stereocenters. The normalized spacial score (nSPS) is 10.5. The maximum atomic E-state index is 11.7. The van der Waals surface area contributed by atoms with Crippen LogP contribution in [0.25, 0.3) is 11.5 Å². The summed E-state index contributed by atoms with van der Waals surface area (Å²) >= 11 is 3.12. The van der Waals surface area contributed by atoms with Crippen LogP contribution >= 0.6 is 15.9 Å². The first-order chi connectivity index (χ1) is 10.2. The SMILES string of the molecule is O=C(OCc1coc(-c2ccccc2)n1)c1ccc(Br)o1. The number of nitrogens with zero attached hydrogens (tertiary/aromatic N) is 1. The first kappa shape index (κ1) is 13.6. The molecule has 0 atom stereocenters. The van der Waals surface area contributed by atoms with Crippen molar-refractivity contribution in [2.75, 3.05) is 0 Å². The van der Waals surface area contributed by atoms with E-state index in [0.717, 1.165) is 5.56 Å². The van der Waals surface area contributed by atoms with Gasteiger partial charge in [0, 0.05) is 5.56 Å². The standard InChI is InChI=1S/C15H10BrNO4/c16-13-7-6-12(21-13)15(18)20-9-11-8-19-14(17-11)10-4-2-1-3-5-10/h1-8H,9H2. The quantitative estimate of drug-likeness (QED) is 0.666. The molecule has 0 aliphatic heterocycles. The molecule has 0 radical (unpaired) electrons. The molecule has 0 amide bonds. The number of ether oxygens (including phenoxy) is 1. The Bertz CT molecular complexity index is 748. The second kappa shape index (κ2) is 5.97. The highest BCUT2D eigenvalue weighted by atomic mass is 79.9. The number of hydrogen-bond acceptors (Lipinski definition) is 5. The minimum absolute atomic E-state index is 0.0213. The van der Waals surface area contributed by atoms with Gasteiger partial charge in [-0.2, -0.15) is 0 Å².